The predicted octanol–water partition coefficient (Wildman–Crippen LogP) is 2.87. The van der Waals surface area contributed by atoms with Crippen LogP contribution >= 0.6 is 0 Å². The molecule has 3 rings (SSSR count). The van der Waals surface area contributed by atoms with Gasteiger partial charge in [0.25, 0.3) is 0 Å². The first kappa shape index (κ1) is 13.9. The van der Waals surface area contributed by atoms with Crippen LogP contribution in [0.3, 0.4) is 0 Å². The average Bonchev–Trinajstić information content (AvgIpc) is 2.46. The number of hydrogen-bond donors (Lipinski definition) is 1. The van der Waals surface area contributed by atoms with E-state index in [1.807, 2.05) is 0 Å². The van der Waals surface area contributed by atoms with Gasteiger partial charge < -0.3 is 5.32 Å². The molecule has 0 bridgehead atoms. The molecular weight excluding hydrogens is 244 g/mol. The minimum atomic E-state index is -0.214. The normalized spacial score (nSPS) is 40.0. The van der Waals surface area contributed by atoms with Gasteiger partial charge in [0.2, 0.25) is 0 Å². The number of rotatable bonds is 1. The van der Waals surface area contributed by atoms with Gasteiger partial charge in [-0.3, -0.25) is 4.90 Å². The highest BCUT2D eigenvalue weighted by atomic mass is 15.3. The van der Waals surface area contributed by atoms with E-state index in [4.69, 9.17) is 6.42 Å². The summed E-state index contributed by atoms with van der Waals surface area (Å²) in [5.74, 6) is 3.12. The van der Waals surface area contributed by atoms with E-state index in [1.54, 1.807) is 0 Å². The van der Waals surface area contributed by atoms with Crippen molar-refractivity contribution in [1.82, 2.24) is 10.2 Å². The Hall–Kier alpha value is -1.04. The Morgan fingerprint density at radius 1 is 1.25 bits per heavy atom. The van der Waals surface area contributed by atoms with Crippen LogP contribution < -0.4 is 5.32 Å². The van der Waals surface area contributed by atoms with Crippen LogP contribution in [0.5, 0.6) is 0 Å². The smallest absolute Gasteiger partial charge is 0.105 e. The first-order valence-electron chi connectivity index (χ1n) is 7.93. The van der Waals surface area contributed by atoms with Crippen molar-refractivity contribution in [3.05, 3.63) is 24.3 Å². The molecule has 2 heteroatoms. The summed E-state index contributed by atoms with van der Waals surface area (Å²) in [7, 11) is 0. The lowest BCUT2D eigenvalue weighted by atomic mass is 9.78. The molecule has 0 aromatic rings. The van der Waals surface area contributed by atoms with Crippen LogP contribution in [0.2, 0.25) is 0 Å². The number of piperazine rings is 1. The molecule has 108 valence electrons. The third-order valence-corrected chi connectivity index (χ3v) is 5.08. The van der Waals surface area contributed by atoms with E-state index in [0.717, 1.165) is 13.0 Å². The molecule has 2 aliphatic carbocycles. The van der Waals surface area contributed by atoms with Crippen LogP contribution in [-0.4, -0.2) is 34.6 Å². The van der Waals surface area contributed by atoms with Crippen LogP contribution in [0.4, 0.5) is 0 Å². The molecule has 3 aliphatic rings. The molecule has 0 radical (unpaired) electrons. The van der Waals surface area contributed by atoms with Gasteiger partial charge in [-0.05, 0) is 33.1 Å². The molecule has 1 saturated carbocycles. The Morgan fingerprint density at radius 2 is 2.05 bits per heavy atom. The lowest BCUT2D eigenvalue weighted by molar-refractivity contribution is -0.00577. The molecule has 3 atom stereocenters. The van der Waals surface area contributed by atoms with Crippen molar-refractivity contribution in [2.75, 3.05) is 6.54 Å². The van der Waals surface area contributed by atoms with E-state index in [-0.39, 0.29) is 11.1 Å². The second-order valence-corrected chi connectivity index (χ2v) is 7.17. The number of terminal acetylenes is 1. The lowest BCUT2D eigenvalue weighted by Gasteiger charge is -2.56. The van der Waals surface area contributed by atoms with Crippen LogP contribution in [-0.2, 0) is 0 Å². The quantitative estimate of drug-likeness (QED) is 0.737. The van der Waals surface area contributed by atoms with Gasteiger partial charge in [-0.2, -0.15) is 0 Å². The maximum atomic E-state index is 5.98. The molecule has 1 heterocycles. The fraction of sp³-hybridized carbons (Fsp3) is 0.667. The monoisotopic (exact) mass is 270 g/mol. The number of nitrogens with one attached hydrogen (secondary N) is 1. The summed E-state index contributed by atoms with van der Waals surface area (Å²) in [4.78, 5) is 2.62. The summed E-state index contributed by atoms with van der Waals surface area (Å²) in [6.45, 7) is 5.63. The summed E-state index contributed by atoms with van der Waals surface area (Å²) < 4.78 is 0. The summed E-state index contributed by atoms with van der Waals surface area (Å²) >= 11 is 0. The van der Waals surface area contributed by atoms with Crippen LogP contribution in [0.1, 0.15) is 46.0 Å². The molecule has 1 N–H and O–H groups in total. The summed E-state index contributed by atoms with van der Waals surface area (Å²) in [5.41, 5.74) is -0.0776. The van der Waals surface area contributed by atoms with E-state index in [2.05, 4.69) is 54.3 Å². The van der Waals surface area contributed by atoms with Gasteiger partial charge in [0.15, 0.2) is 0 Å². The average molecular weight is 270 g/mol. The third kappa shape index (κ3) is 2.34. The maximum Gasteiger partial charge on any atom is 0.105 e. The van der Waals surface area contributed by atoms with Crippen LogP contribution in [0, 0.1) is 12.3 Å². The standard InChI is InChI=1S/C18H26N2/c1-4-18(12-8-5-9-13-18)20-14-17(2,3)19-15-10-6-7-11-16(15)20/h1,5,8-9,12,15-16,19H,6-7,10-11,13-14H2,2-3H3/t15-,16-,18?/m0/s1. The molecule has 0 amide bonds. The first-order chi connectivity index (χ1) is 9.56. The Kier molecular flexibility index (Phi) is 3.52. The lowest BCUT2D eigenvalue weighted by Crippen LogP contribution is -2.71. The molecule has 2 nitrogen and oxygen atoms in total. The Bertz CT molecular complexity index is 468. The van der Waals surface area contributed by atoms with Gasteiger partial charge in [-0.25, -0.2) is 0 Å². The number of nitrogens with zero attached hydrogens (tertiary/aromatic N) is 1. The van der Waals surface area contributed by atoms with Crippen LogP contribution in [0.15, 0.2) is 24.3 Å². The van der Waals surface area contributed by atoms with E-state index >= 15 is 0 Å². The van der Waals surface area contributed by atoms with Crippen molar-refractivity contribution in [1.29, 1.82) is 0 Å². The highest BCUT2D eigenvalue weighted by Crippen LogP contribution is 2.37. The Morgan fingerprint density at radius 3 is 2.75 bits per heavy atom. The zero-order valence-corrected chi connectivity index (χ0v) is 12.7. The Balaban J connectivity index is 1.94. The molecule has 0 spiro atoms. The third-order valence-electron chi connectivity index (χ3n) is 5.08. The maximum absolute atomic E-state index is 5.98. The van der Waals surface area contributed by atoms with Gasteiger partial charge in [0.05, 0.1) is 0 Å². The van der Waals surface area contributed by atoms with Gasteiger partial charge in [-0.1, -0.05) is 43.1 Å². The number of allylic oxidation sites excluding steroid dienone is 2. The van der Waals surface area contributed by atoms with E-state index in [0.29, 0.717) is 12.1 Å². The molecule has 1 aliphatic heterocycles. The SMILES string of the molecule is C#CC1(N2CC(C)(C)N[C@H]3CCCC[C@@H]32)C=CC=CC1. The molecule has 2 fully saturated rings. The fourth-order valence-electron chi connectivity index (χ4n) is 4.19. The topological polar surface area (TPSA) is 15.3 Å². The molecule has 0 aromatic carbocycles. The molecule has 1 unspecified atom stereocenters. The van der Waals surface area contributed by atoms with E-state index in [1.165, 1.54) is 25.7 Å². The van der Waals surface area contributed by atoms with Gasteiger partial charge in [0.1, 0.15) is 5.54 Å². The zero-order chi connectivity index (χ0) is 14.2. The van der Waals surface area contributed by atoms with Crippen molar-refractivity contribution in [3.63, 3.8) is 0 Å². The van der Waals surface area contributed by atoms with Crippen molar-refractivity contribution < 1.29 is 0 Å². The van der Waals surface area contributed by atoms with Crippen molar-refractivity contribution in [2.24, 2.45) is 0 Å². The minimum absolute atomic E-state index is 0.136. The molecule has 1 saturated heterocycles. The van der Waals surface area contributed by atoms with Gasteiger partial charge >= 0.3 is 0 Å². The second-order valence-electron chi connectivity index (χ2n) is 7.17. The molecule has 20 heavy (non-hydrogen) atoms. The van der Waals surface area contributed by atoms with E-state index < -0.39 is 0 Å². The second kappa shape index (κ2) is 5.06. The zero-order valence-electron chi connectivity index (χ0n) is 12.7. The highest BCUT2D eigenvalue weighted by molar-refractivity contribution is 5.33. The van der Waals surface area contributed by atoms with E-state index in [9.17, 15) is 0 Å². The number of hydrogen-bond acceptors (Lipinski definition) is 2. The predicted molar refractivity (Wildman–Crippen MR) is 84.4 cm³/mol. The number of fused-ring (bicyclic) bond motifs is 1. The fourth-order valence-corrected chi connectivity index (χ4v) is 4.19. The summed E-state index contributed by atoms with van der Waals surface area (Å²) in [6, 6.07) is 1.18. The van der Waals surface area contributed by atoms with Crippen molar-refractivity contribution >= 4 is 0 Å². The largest absolute Gasteiger partial charge is 0.306 e. The molecular formula is C18H26N2. The highest BCUT2D eigenvalue weighted by Gasteiger charge is 2.47. The van der Waals surface area contributed by atoms with Gasteiger partial charge in [0, 0.05) is 24.2 Å². The minimum Gasteiger partial charge on any atom is -0.306 e. The summed E-state index contributed by atoms with van der Waals surface area (Å²) in [5, 5.41) is 3.85. The Labute approximate surface area is 123 Å². The van der Waals surface area contributed by atoms with Crippen molar-refractivity contribution in [3.8, 4) is 12.3 Å². The van der Waals surface area contributed by atoms with Gasteiger partial charge in [-0.15, -0.1) is 6.42 Å². The summed E-state index contributed by atoms with van der Waals surface area (Å²) in [6.07, 6.45) is 20.8. The first-order valence-corrected chi connectivity index (χ1v) is 7.93. The molecule has 0 aromatic heterocycles. The van der Waals surface area contributed by atoms with Crippen molar-refractivity contribution in [2.45, 2.75) is 69.1 Å². The van der Waals surface area contributed by atoms with Crippen LogP contribution in [0.25, 0.3) is 0 Å².